The summed E-state index contributed by atoms with van der Waals surface area (Å²) < 4.78 is 18.0. The van der Waals surface area contributed by atoms with Gasteiger partial charge in [-0.15, -0.1) is 0 Å². The smallest absolute Gasteiger partial charge is 0.246 e. The van der Waals surface area contributed by atoms with Gasteiger partial charge >= 0.3 is 0 Å². The molecule has 1 aliphatic heterocycles. The first-order valence-corrected chi connectivity index (χ1v) is 8.54. The molecule has 0 bridgehead atoms. The molecule has 1 aliphatic carbocycles. The van der Waals surface area contributed by atoms with Gasteiger partial charge < -0.3 is 24.6 Å². The number of hydrogen-bond acceptors (Lipinski definition) is 5. The number of rotatable bonds is 4. The lowest BCUT2D eigenvalue weighted by atomic mass is 9.97. The largest absolute Gasteiger partial charge is 0.479 e. The van der Waals surface area contributed by atoms with E-state index < -0.39 is 17.5 Å². The first kappa shape index (κ1) is 16.2. The normalized spacial score (nSPS) is 25.7. The molecule has 2 atom stereocenters. The maximum absolute atomic E-state index is 11.2. The first-order chi connectivity index (χ1) is 11.9. The minimum absolute atomic E-state index is 0.435. The highest BCUT2D eigenvalue weighted by molar-refractivity contribution is 5.54. The Morgan fingerprint density at radius 2 is 1.96 bits per heavy atom. The number of likely N-dealkylation sites (N-methyl/N-ethyl adjacent to an activating group) is 1. The summed E-state index contributed by atoms with van der Waals surface area (Å²) in [5, 5.41) is 14.3. The molecule has 4 rings (SSSR count). The van der Waals surface area contributed by atoms with Crippen LogP contribution < -0.4 is 19.5 Å². The van der Waals surface area contributed by atoms with E-state index in [0.29, 0.717) is 30.2 Å². The summed E-state index contributed by atoms with van der Waals surface area (Å²) in [5.41, 5.74) is 1.10. The van der Waals surface area contributed by atoms with Crippen LogP contribution in [0.3, 0.4) is 0 Å². The number of aliphatic hydroxyl groups is 1. The van der Waals surface area contributed by atoms with Gasteiger partial charge in [0, 0.05) is 26.8 Å². The second-order valence-corrected chi connectivity index (χ2v) is 7.19. The molecular formula is C20H23NO4. The summed E-state index contributed by atoms with van der Waals surface area (Å²) in [7, 11) is 1.83. The standard InChI is InChI=1S/C20H23NO4/c1-19(2)24-16-10-6-9-15(17(16)25-19)23-18-14-8-5-4-7-13(14)11-20(18,22)12-21-3/h4-10,18,21-22H,11-12H2,1-3H3/t18-,20+/m1/s1. The molecule has 0 saturated carbocycles. The summed E-state index contributed by atoms with van der Waals surface area (Å²) >= 11 is 0. The summed E-state index contributed by atoms with van der Waals surface area (Å²) in [6.45, 7) is 4.15. The Bertz CT molecular complexity index is 804. The molecule has 0 amide bonds. The van der Waals surface area contributed by atoms with E-state index >= 15 is 0 Å². The molecule has 0 spiro atoms. The fraction of sp³-hybridized carbons (Fsp3) is 0.400. The van der Waals surface area contributed by atoms with Crippen LogP contribution in [0.4, 0.5) is 0 Å². The summed E-state index contributed by atoms with van der Waals surface area (Å²) in [5.74, 6) is 1.10. The monoisotopic (exact) mass is 341 g/mol. The highest BCUT2D eigenvalue weighted by Crippen LogP contribution is 2.49. The number of para-hydroxylation sites is 1. The number of hydrogen-bond donors (Lipinski definition) is 2. The van der Waals surface area contributed by atoms with E-state index in [4.69, 9.17) is 14.2 Å². The first-order valence-electron chi connectivity index (χ1n) is 8.54. The Morgan fingerprint density at radius 3 is 2.76 bits per heavy atom. The highest BCUT2D eigenvalue weighted by atomic mass is 16.7. The number of fused-ring (bicyclic) bond motifs is 2. The molecule has 2 N–H and O–H groups in total. The molecule has 5 heteroatoms. The molecule has 2 aromatic rings. The third kappa shape index (κ3) is 2.73. The second-order valence-electron chi connectivity index (χ2n) is 7.19. The zero-order valence-electron chi connectivity index (χ0n) is 14.7. The lowest BCUT2D eigenvalue weighted by Gasteiger charge is -2.31. The Kier molecular flexibility index (Phi) is 3.67. The van der Waals surface area contributed by atoms with Gasteiger partial charge in [-0.05, 0) is 30.3 Å². The quantitative estimate of drug-likeness (QED) is 0.895. The van der Waals surface area contributed by atoms with Crippen molar-refractivity contribution in [2.75, 3.05) is 13.6 Å². The lowest BCUT2D eigenvalue weighted by molar-refractivity contribution is -0.0564. The molecule has 0 fully saturated rings. The molecular weight excluding hydrogens is 318 g/mol. The van der Waals surface area contributed by atoms with Crippen molar-refractivity contribution in [3.05, 3.63) is 53.6 Å². The Hall–Kier alpha value is -2.24. The SMILES string of the molecule is CNC[C@@]1(O)Cc2ccccc2[C@H]1Oc1cccc2c1OC(C)(C)O2. The molecule has 1 heterocycles. The van der Waals surface area contributed by atoms with Gasteiger partial charge in [-0.3, -0.25) is 0 Å². The van der Waals surface area contributed by atoms with Crippen molar-refractivity contribution in [3.63, 3.8) is 0 Å². The van der Waals surface area contributed by atoms with E-state index in [1.807, 2.05) is 63.4 Å². The zero-order chi connectivity index (χ0) is 17.7. The Balaban J connectivity index is 1.72. The number of nitrogens with one attached hydrogen (secondary N) is 1. The van der Waals surface area contributed by atoms with Gasteiger partial charge in [0.1, 0.15) is 5.60 Å². The van der Waals surface area contributed by atoms with Crippen LogP contribution in [0.1, 0.15) is 31.1 Å². The fourth-order valence-electron chi connectivity index (χ4n) is 3.73. The fourth-order valence-corrected chi connectivity index (χ4v) is 3.73. The maximum Gasteiger partial charge on any atom is 0.246 e. The Morgan fingerprint density at radius 1 is 1.16 bits per heavy atom. The van der Waals surface area contributed by atoms with Crippen LogP contribution in [-0.4, -0.2) is 30.1 Å². The molecule has 5 nitrogen and oxygen atoms in total. The van der Waals surface area contributed by atoms with Crippen LogP contribution in [0.5, 0.6) is 17.2 Å². The van der Waals surface area contributed by atoms with E-state index in [-0.39, 0.29) is 0 Å². The van der Waals surface area contributed by atoms with Gasteiger partial charge in [-0.1, -0.05) is 30.3 Å². The van der Waals surface area contributed by atoms with Gasteiger partial charge in [0.2, 0.25) is 11.5 Å². The van der Waals surface area contributed by atoms with E-state index in [1.165, 1.54) is 0 Å². The van der Waals surface area contributed by atoms with Crippen molar-refractivity contribution in [2.45, 2.75) is 37.8 Å². The highest BCUT2D eigenvalue weighted by Gasteiger charge is 2.47. The van der Waals surface area contributed by atoms with Crippen LogP contribution in [0.15, 0.2) is 42.5 Å². The van der Waals surface area contributed by atoms with Gasteiger partial charge in [-0.2, -0.15) is 0 Å². The van der Waals surface area contributed by atoms with Crippen molar-refractivity contribution < 1.29 is 19.3 Å². The van der Waals surface area contributed by atoms with Crippen molar-refractivity contribution in [3.8, 4) is 17.2 Å². The van der Waals surface area contributed by atoms with E-state index in [2.05, 4.69) is 5.32 Å². The molecule has 0 unspecified atom stereocenters. The molecule has 132 valence electrons. The predicted octanol–water partition coefficient (Wildman–Crippen LogP) is 2.82. The van der Waals surface area contributed by atoms with Crippen LogP contribution in [-0.2, 0) is 6.42 Å². The van der Waals surface area contributed by atoms with E-state index in [0.717, 1.165) is 11.1 Å². The van der Waals surface area contributed by atoms with E-state index in [9.17, 15) is 5.11 Å². The third-order valence-electron chi connectivity index (χ3n) is 4.70. The molecule has 2 aliphatic rings. The minimum atomic E-state index is -1.02. The van der Waals surface area contributed by atoms with Gasteiger partial charge in [0.05, 0.1) is 0 Å². The minimum Gasteiger partial charge on any atom is -0.479 e. The molecule has 0 saturated heterocycles. The van der Waals surface area contributed by atoms with Gasteiger partial charge in [-0.25, -0.2) is 0 Å². The summed E-state index contributed by atoms with van der Waals surface area (Å²) in [4.78, 5) is 0. The summed E-state index contributed by atoms with van der Waals surface area (Å²) in [6.07, 6.45) is 0.0713. The summed E-state index contributed by atoms with van der Waals surface area (Å²) in [6, 6.07) is 13.6. The Labute approximate surface area is 147 Å². The van der Waals surface area contributed by atoms with E-state index in [1.54, 1.807) is 0 Å². The second kappa shape index (κ2) is 5.64. The number of ether oxygens (including phenoxy) is 3. The topological polar surface area (TPSA) is 60.0 Å². The third-order valence-corrected chi connectivity index (χ3v) is 4.70. The maximum atomic E-state index is 11.2. The van der Waals surface area contributed by atoms with Crippen LogP contribution >= 0.6 is 0 Å². The average Bonchev–Trinajstić information content (AvgIpc) is 3.01. The lowest BCUT2D eigenvalue weighted by Crippen LogP contribution is -2.45. The van der Waals surface area contributed by atoms with Crippen LogP contribution in [0.2, 0.25) is 0 Å². The average molecular weight is 341 g/mol. The van der Waals surface area contributed by atoms with Gasteiger partial charge in [0.25, 0.3) is 0 Å². The van der Waals surface area contributed by atoms with Crippen molar-refractivity contribution in [1.29, 1.82) is 0 Å². The van der Waals surface area contributed by atoms with Crippen molar-refractivity contribution in [2.24, 2.45) is 0 Å². The number of benzene rings is 2. The van der Waals surface area contributed by atoms with Crippen molar-refractivity contribution >= 4 is 0 Å². The van der Waals surface area contributed by atoms with Crippen LogP contribution in [0, 0.1) is 0 Å². The zero-order valence-corrected chi connectivity index (χ0v) is 14.7. The molecule has 0 aromatic heterocycles. The van der Waals surface area contributed by atoms with Crippen LogP contribution in [0.25, 0.3) is 0 Å². The molecule has 2 aromatic carbocycles. The molecule has 25 heavy (non-hydrogen) atoms. The predicted molar refractivity (Wildman–Crippen MR) is 94.2 cm³/mol. The van der Waals surface area contributed by atoms with Gasteiger partial charge in [0.15, 0.2) is 17.6 Å². The molecule has 0 radical (unpaired) electrons. The van der Waals surface area contributed by atoms with Crippen molar-refractivity contribution in [1.82, 2.24) is 5.32 Å².